The minimum atomic E-state index is -0.110. The average Bonchev–Trinajstić information content (AvgIpc) is 2.66. The Morgan fingerprint density at radius 3 is 2.62 bits per heavy atom. The first-order chi connectivity index (χ1) is 12.6. The highest BCUT2D eigenvalue weighted by atomic mass is 35.5. The molecule has 0 bridgehead atoms. The summed E-state index contributed by atoms with van der Waals surface area (Å²) in [5.41, 5.74) is 1.19. The van der Waals surface area contributed by atoms with Gasteiger partial charge in [0.1, 0.15) is 12.4 Å². The molecule has 3 nitrogen and oxygen atoms in total. The molecule has 3 aromatic rings. The fourth-order valence-electron chi connectivity index (χ4n) is 2.96. The zero-order valence-electron chi connectivity index (χ0n) is 14.7. The summed E-state index contributed by atoms with van der Waals surface area (Å²) >= 11 is 6.04. The topological polar surface area (TPSA) is 38.3 Å². The van der Waals surface area contributed by atoms with Gasteiger partial charge in [0.05, 0.1) is 11.6 Å². The van der Waals surface area contributed by atoms with Crippen molar-refractivity contribution in [3.05, 3.63) is 77.3 Å². The van der Waals surface area contributed by atoms with Gasteiger partial charge < -0.3 is 10.1 Å². The number of fused-ring (bicyclic) bond motifs is 1. The van der Waals surface area contributed by atoms with Crippen LogP contribution in [0.15, 0.2) is 66.7 Å². The van der Waals surface area contributed by atoms with Crippen LogP contribution in [0.25, 0.3) is 10.8 Å². The molecule has 0 aliphatic rings. The van der Waals surface area contributed by atoms with Gasteiger partial charge >= 0.3 is 0 Å². The van der Waals surface area contributed by atoms with Crippen LogP contribution in [0, 0.1) is 5.92 Å². The number of carbonyl (C=O) groups is 1. The van der Waals surface area contributed by atoms with Crippen molar-refractivity contribution in [1.82, 2.24) is 5.32 Å². The maximum atomic E-state index is 12.4. The van der Waals surface area contributed by atoms with Crippen molar-refractivity contribution in [2.75, 3.05) is 13.2 Å². The predicted molar refractivity (Wildman–Crippen MR) is 107 cm³/mol. The smallest absolute Gasteiger partial charge is 0.223 e. The standard InChI is InChI=1S/C22H22ClNO2/c1-16(15-18-9-6-8-17-7-2-3-10-19(17)18)22(25)24-13-14-26-21-12-5-4-11-20(21)23/h2-12,16H,13-15H2,1H3,(H,24,25)/t16-/m0/s1. The summed E-state index contributed by atoms with van der Waals surface area (Å²) in [6.07, 6.45) is 0.707. The second kappa shape index (κ2) is 8.72. The molecular formula is C22H22ClNO2. The van der Waals surface area contributed by atoms with Crippen LogP contribution in [-0.2, 0) is 11.2 Å². The molecule has 0 radical (unpaired) electrons. The van der Waals surface area contributed by atoms with Gasteiger partial charge in [-0.05, 0) is 34.9 Å². The number of amides is 1. The van der Waals surface area contributed by atoms with Crippen LogP contribution < -0.4 is 10.1 Å². The van der Waals surface area contributed by atoms with E-state index in [9.17, 15) is 4.79 Å². The SMILES string of the molecule is C[C@@H](Cc1cccc2ccccc12)C(=O)NCCOc1ccccc1Cl. The Labute approximate surface area is 158 Å². The molecule has 0 heterocycles. The molecule has 134 valence electrons. The lowest BCUT2D eigenvalue weighted by molar-refractivity contribution is -0.124. The average molecular weight is 368 g/mol. The van der Waals surface area contributed by atoms with Gasteiger partial charge in [0.15, 0.2) is 0 Å². The molecule has 0 saturated heterocycles. The van der Waals surface area contributed by atoms with E-state index in [1.54, 1.807) is 6.07 Å². The van der Waals surface area contributed by atoms with Crippen LogP contribution in [-0.4, -0.2) is 19.1 Å². The van der Waals surface area contributed by atoms with E-state index in [2.05, 4.69) is 29.6 Å². The van der Waals surface area contributed by atoms with E-state index < -0.39 is 0 Å². The summed E-state index contributed by atoms with van der Waals surface area (Å²) in [6.45, 7) is 2.78. The number of ether oxygens (including phenoxy) is 1. The molecule has 0 fully saturated rings. The Balaban J connectivity index is 1.51. The van der Waals surface area contributed by atoms with Crippen LogP contribution in [0.4, 0.5) is 0 Å². The van der Waals surface area contributed by atoms with Crippen molar-refractivity contribution < 1.29 is 9.53 Å². The molecule has 26 heavy (non-hydrogen) atoms. The van der Waals surface area contributed by atoms with E-state index in [0.29, 0.717) is 30.3 Å². The third kappa shape index (κ3) is 4.55. The Hall–Kier alpha value is -2.52. The predicted octanol–water partition coefficient (Wildman–Crippen LogP) is 4.87. The molecule has 3 aromatic carbocycles. The van der Waals surface area contributed by atoms with Crippen LogP contribution in [0.3, 0.4) is 0 Å². The second-order valence-corrected chi connectivity index (χ2v) is 6.72. The maximum absolute atomic E-state index is 12.4. The molecule has 1 N–H and O–H groups in total. The van der Waals surface area contributed by atoms with Gasteiger partial charge in [-0.2, -0.15) is 0 Å². The van der Waals surface area contributed by atoms with Gasteiger partial charge in [-0.25, -0.2) is 0 Å². The Bertz CT molecular complexity index is 889. The molecule has 1 atom stereocenters. The van der Waals surface area contributed by atoms with E-state index >= 15 is 0 Å². The van der Waals surface area contributed by atoms with E-state index in [1.165, 1.54) is 16.3 Å². The Kier molecular flexibility index (Phi) is 6.13. The van der Waals surface area contributed by atoms with E-state index in [0.717, 1.165) is 0 Å². The van der Waals surface area contributed by atoms with E-state index in [-0.39, 0.29) is 11.8 Å². The highest BCUT2D eigenvalue weighted by molar-refractivity contribution is 6.32. The fourth-order valence-corrected chi connectivity index (χ4v) is 3.15. The zero-order chi connectivity index (χ0) is 18.4. The summed E-state index contributed by atoms with van der Waals surface area (Å²) in [4.78, 5) is 12.4. The molecular weight excluding hydrogens is 346 g/mol. The van der Waals surface area contributed by atoms with Crippen molar-refractivity contribution in [2.24, 2.45) is 5.92 Å². The number of hydrogen-bond acceptors (Lipinski definition) is 2. The molecule has 0 saturated carbocycles. The second-order valence-electron chi connectivity index (χ2n) is 6.31. The van der Waals surface area contributed by atoms with Crippen molar-refractivity contribution in [1.29, 1.82) is 0 Å². The molecule has 0 aromatic heterocycles. The molecule has 4 heteroatoms. The fraction of sp³-hybridized carbons (Fsp3) is 0.227. The molecule has 0 aliphatic heterocycles. The first-order valence-corrected chi connectivity index (χ1v) is 9.14. The van der Waals surface area contributed by atoms with Crippen molar-refractivity contribution in [2.45, 2.75) is 13.3 Å². The van der Waals surface area contributed by atoms with Gasteiger partial charge in [0, 0.05) is 5.92 Å². The van der Waals surface area contributed by atoms with E-state index in [4.69, 9.17) is 16.3 Å². The van der Waals surface area contributed by atoms with Crippen molar-refractivity contribution in [3.63, 3.8) is 0 Å². The third-order valence-electron chi connectivity index (χ3n) is 4.35. The van der Waals surface area contributed by atoms with Gasteiger partial charge in [0.25, 0.3) is 0 Å². The van der Waals surface area contributed by atoms with Gasteiger partial charge in [0.2, 0.25) is 5.91 Å². The normalized spacial score (nSPS) is 11.9. The van der Waals surface area contributed by atoms with Gasteiger partial charge in [-0.15, -0.1) is 0 Å². The van der Waals surface area contributed by atoms with Crippen molar-refractivity contribution in [3.8, 4) is 5.75 Å². The maximum Gasteiger partial charge on any atom is 0.223 e. The quantitative estimate of drug-likeness (QED) is 0.605. The highest BCUT2D eigenvalue weighted by Crippen LogP contribution is 2.23. The number of halogens is 1. The molecule has 0 aliphatic carbocycles. The largest absolute Gasteiger partial charge is 0.490 e. The zero-order valence-corrected chi connectivity index (χ0v) is 15.5. The number of para-hydroxylation sites is 1. The van der Waals surface area contributed by atoms with Crippen molar-refractivity contribution >= 4 is 28.3 Å². The van der Waals surface area contributed by atoms with Gasteiger partial charge in [-0.3, -0.25) is 4.79 Å². The Morgan fingerprint density at radius 2 is 1.77 bits per heavy atom. The first-order valence-electron chi connectivity index (χ1n) is 8.77. The highest BCUT2D eigenvalue weighted by Gasteiger charge is 2.14. The first kappa shape index (κ1) is 18.3. The Morgan fingerprint density at radius 1 is 1.04 bits per heavy atom. The summed E-state index contributed by atoms with van der Waals surface area (Å²) in [5, 5.41) is 5.91. The number of carbonyl (C=O) groups excluding carboxylic acids is 1. The lowest BCUT2D eigenvalue weighted by Crippen LogP contribution is -2.33. The number of nitrogens with one attached hydrogen (secondary N) is 1. The molecule has 1 amide bonds. The molecule has 0 spiro atoms. The number of rotatable bonds is 7. The van der Waals surface area contributed by atoms with Crippen LogP contribution in [0.1, 0.15) is 12.5 Å². The van der Waals surface area contributed by atoms with Crippen LogP contribution >= 0.6 is 11.6 Å². The molecule has 3 rings (SSSR count). The van der Waals surface area contributed by atoms with Gasteiger partial charge in [-0.1, -0.05) is 73.1 Å². The van der Waals surface area contributed by atoms with Crippen LogP contribution in [0.2, 0.25) is 5.02 Å². The summed E-state index contributed by atoms with van der Waals surface area (Å²) < 4.78 is 5.60. The third-order valence-corrected chi connectivity index (χ3v) is 4.66. The number of benzene rings is 3. The van der Waals surface area contributed by atoms with Crippen LogP contribution in [0.5, 0.6) is 5.75 Å². The lowest BCUT2D eigenvalue weighted by atomic mass is 9.95. The lowest BCUT2D eigenvalue weighted by Gasteiger charge is -2.14. The minimum Gasteiger partial charge on any atom is -0.490 e. The molecule has 0 unspecified atom stereocenters. The number of hydrogen-bond donors (Lipinski definition) is 1. The summed E-state index contributed by atoms with van der Waals surface area (Å²) in [5.74, 6) is 0.550. The summed E-state index contributed by atoms with van der Waals surface area (Å²) in [6, 6.07) is 21.8. The summed E-state index contributed by atoms with van der Waals surface area (Å²) in [7, 11) is 0. The minimum absolute atomic E-state index is 0.0284. The van der Waals surface area contributed by atoms with E-state index in [1.807, 2.05) is 43.3 Å². The monoisotopic (exact) mass is 367 g/mol.